The maximum Gasteiger partial charge on any atom is 0.251 e. The van der Waals surface area contributed by atoms with E-state index in [9.17, 15) is 13.6 Å². The number of rotatable bonds is 3. The zero-order chi connectivity index (χ0) is 15.0. The number of halogens is 2. The second kappa shape index (κ2) is 5.22. The number of pyridine rings is 1. The lowest BCUT2D eigenvalue weighted by Crippen LogP contribution is -2.55. The molecule has 2 fully saturated rings. The van der Waals surface area contributed by atoms with E-state index in [0.29, 0.717) is 18.8 Å². The standard InChI is InChI=1S/C14H18F2N4O/c15-14(16)6-10(7-14)19-9-3-4-20(13(21)5-9)11-1-2-12(17)18-8-11/h1-2,8-10,19H,3-7H2,(H2,17,18). The highest BCUT2D eigenvalue weighted by Crippen LogP contribution is 2.38. The van der Waals surface area contributed by atoms with Gasteiger partial charge in [-0.15, -0.1) is 0 Å². The fourth-order valence-corrected chi connectivity index (χ4v) is 2.92. The Morgan fingerprint density at radius 3 is 2.67 bits per heavy atom. The van der Waals surface area contributed by atoms with E-state index >= 15 is 0 Å². The number of nitrogens with two attached hydrogens (primary N) is 1. The highest BCUT2D eigenvalue weighted by Gasteiger charge is 2.46. The number of nitrogens with one attached hydrogen (secondary N) is 1. The number of alkyl halides is 2. The number of nitrogens with zero attached hydrogens (tertiary/aromatic N) is 2. The topological polar surface area (TPSA) is 71.2 Å². The summed E-state index contributed by atoms with van der Waals surface area (Å²) < 4.78 is 25.6. The summed E-state index contributed by atoms with van der Waals surface area (Å²) in [5, 5.41) is 3.16. The van der Waals surface area contributed by atoms with Crippen molar-refractivity contribution in [1.29, 1.82) is 0 Å². The molecule has 1 aliphatic carbocycles. The molecule has 3 N–H and O–H groups in total. The predicted octanol–water partition coefficient (Wildman–Crippen LogP) is 1.55. The molecule has 0 spiro atoms. The zero-order valence-corrected chi connectivity index (χ0v) is 11.6. The highest BCUT2D eigenvalue weighted by molar-refractivity contribution is 5.94. The van der Waals surface area contributed by atoms with Crippen LogP contribution in [0.25, 0.3) is 0 Å². The van der Waals surface area contributed by atoms with E-state index in [4.69, 9.17) is 5.73 Å². The van der Waals surface area contributed by atoms with Crippen molar-refractivity contribution >= 4 is 17.4 Å². The third-order valence-electron chi connectivity index (χ3n) is 4.07. The molecule has 1 atom stereocenters. The number of piperidine rings is 1. The van der Waals surface area contributed by atoms with Gasteiger partial charge >= 0.3 is 0 Å². The molecular weight excluding hydrogens is 278 g/mol. The summed E-state index contributed by atoms with van der Waals surface area (Å²) in [6, 6.07) is 3.24. The summed E-state index contributed by atoms with van der Waals surface area (Å²) in [5.74, 6) is -2.14. The highest BCUT2D eigenvalue weighted by atomic mass is 19.3. The molecule has 1 amide bonds. The van der Waals surface area contributed by atoms with Crippen LogP contribution in [0.5, 0.6) is 0 Å². The van der Waals surface area contributed by atoms with E-state index in [1.54, 1.807) is 23.2 Å². The Labute approximate surface area is 121 Å². The van der Waals surface area contributed by atoms with Crippen molar-refractivity contribution in [3.8, 4) is 0 Å². The van der Waals surface area contributed by atoms with Gasteiger partial charge in [0.1, 0.15) is 5.82 Å². The van der Waals surface area contributed by atoms with Crippen molar-refractivity contribution in [3.05, 3.63) is 18.3 Å². The number of amides is 1. The molecule has 0 bridgehead atoms. The second-order valence-electron chi connectivity index (χ2n) is 5.80. The van der Waals surface area contributed by atoms with Crippen molar-refractivity contribution in [2.45, 2.75) is 43.7 Å². The van der Waals surface area contributed by atoms with Gasteiger partial charge < -0.3 is 16.0 Å². The molecule has 2 heterocycles. The normalized spacial score (nSPS) is 25.7. The molecule has 1 aromatic rings. The van der Waals surface area contributed by atoms with Crippen molar-refractivity contribution in [3.63, 3.8) is 0 Å². The molecule has 1 unspecified atom stereocenters. The van der Waals surface area contributed by atoms with Gasteiger partial charge in [-0.2, -0.15) is 0 Å². The fourth-order valence-electron chi connectivity index (χ4n) is 2.92. The van der Waals surface area contributed by atoms with Crippen molar-refractivity contribution < 1.29 is 13.6 Å². The lowest BCUT2D eigenvalue weighted by atomic mass is 9.87. The van der Waals surface area contributed by atoms with Crippen LogP contribution in [0.4, 0.5) is 20.3 Å². The first-order valence-electron chi connectivity index (χ1n) is 7.09. The largest absolute Gasteiger partial charge is 0.384 e. The number of nitrogen functional groups attached to an aromatic ring is 1. The van der Waals surface area contributed by atoms with Gasteiger partial charge in [0, 0.05) is 37.9 Å². The minimum atomic E-state index is -2.53. The fraction of sp³-hybridized carbons (Fsp3) is 0.571. The molecule has 0 aromatic carbocycles. The van der Waals surface area contributed by atoms with Crippen LogP contribution in [0.2, 0.25) is 0 Å². The van der Waals surface area contributed by atoms with Crippen LogP contribution in [0, 0.1) is 0 Å². The molecule has 1 aromatic heterocycles. The maximum atomic E-state index is 12.8. The first-order chi connectivity index (χ1) is 9.93. The van der Waals surface area contributed by atoms with Crippen LogP contribution in [0.3, 0.4) is 0 Å². The first kappa shape index (κ1) is 14.2. The summed E-state index contributed by atoms with van der Waals surface area (Å²) >= 11 is 0. The second-order valence-corrected chi connectivity index (χ2v) is 5.80. The summed E-state index contributed by atoms with van der Waals surface area (Å²) in [6.45, 7) is 0.561. The Balaban J connectivity index is 1.55. The SMILES string of the molecule is Nc1ccc(N2CCC(NC3CC(F)(F)C3)CC2=O)cn1. The Kier molecular flexibility index (Phi) is 3.52. The summed E-state index contributed by atoms with van der Waals surface area (Å²) in [5.41, 5.74) is 6.25. The number of aromatic nitrogens is 1. The third kappa shape index (κ3) is 3.12. The predicted molar refractivity (Wildman–Crippen MR) is 75.1 cm³/mol. The molecule has 7 heteroatoms. The van der Waals surface area contributed by atoms with Crippen molar-refractivity contribution in [2.24, 2.45) is 0 Å². The van der Waals surface area contributed by atoms with E-state index in [1.165, 1.54) is 0 Å². The molecule has 5 nitrogen and oxygen atoms in total. The minimum absolute atomic E-state index is 0.0170. The van der Waals surface area contributed by atoms with Gasteiger partial charge in [-0.05, 0) is 18.6 Å². The Hall–Kier alpha value is -1.76. The summed E-state index contributed by atoms with van der Waals surface area (Å²) in [7, 11) is 0. The van der Waals surface area contributed by atoms with Crippen LogP contribution in [0.15, 0.2) is 18.3 Å². The van der Waals surface area contributed by atoms with Crippen LogP contribution in [-0.4, -0.2) is 35.4 Å². The average Bonchev–Trinajstić information content (AvgIpc) is 2.38. The lowest BCUT2D eigenvalue weighted by Gasteiger charge is -2.40. The van der Waals surface area contributed by atoms with E-state index in [1.807, 2.05) is 0 Å². The maximum absolute atomic E-state index is 12.8. The van der Waals surface area contributed by atoms with E-state index in [0.717, 1.165) is 12.1 Å². The van der Waals surface area contributed by atoms with Gasteiger partial charge in [0.25, 0.3) is 5.92 Å². The van der Waals surface area contributed by atoms with Crippen LogP contribution in [0.1, 0.15) is 25.7 Å². The number of hydrogen-bond donors (Lipinski definition) is 2. The van der Waals surface area contributed by atoms with Gasteiger partial charge in [0.15, 0.2) is 0 Å². The molecule has 3 rings (SSSR count). The number of carbonyl (C=O) groups is 1. The first-order valence-corrected chi connectivity index (χ1v) is 7.09. The minimum Gasteiger partial charge on any atom is -0.384 e. The average molecular weight is 296 g/mol. The Bertz CT molecular complexity index is 526. The van der Waals surface area contributed by atoms with Gasteiger partial charge in [-0.1, -0.05) is 0 Å². The number of hydrogen-bond acceptors (Lipinski definition) is 4. The lowest BCUT2D eigenvalue weighted by molar-refractivity contribution is -0.121. The van der Waals surface area contributed by atoms with Crippen LogP contribution < -0.4 is 16.0 Å². The van der Waals surface area contributed by atoms with E-state index in [-0.39, 0.29) is 30.8 Å². The van der Waals surface area contributed by atoms with Gasteiger partial charge in [-0.25, -0.2) is 13.8 Å². The van der Waals surface area contributed by atoms with Gasteiger partial charge in [0.2, 0.25) is 5.91 Å². The van der Waals surface area contributed by atoms with Gasteiger partial charge in [0.05, 0.1) is 11.9 Å². The molecule has 114 valence electrons. The van der Waals surface area contributed by atoms with Crippen LogP contribution in [-0.2, 0) is 4.79 Å². The quantitative estimate of drug-likeness (QED) is 0.887. The smallest absolute Gasteiger partial charge is 0.251 e. The Morgan fingerprint density at radius 2 is 2.10 bits per heavy atom. The molecule has 1 saturated heterocycles. The van der Waals surface area contributed by atoms with E-state index < -0.39 is 5.92 Å². The number of anilines is 2. The monoisotopic (exact) mass is 296 g/mol. The van der Waals surface area contributed by atoms with Crippen LogP contribution >= 0.6 is 0 Å². The molecular formula is C14H18F2N4O. The Morgan fingerprint density at radius 1 is 1.33 bits per heavy atom. The van der Waals surface area contributed by atoms with E-state index in [2.05, 4.69) is 10.3 Å². The summed E-state index contributed by atoms with van der Waals surface area (Å²) in [4.78, 5) is 17.8. The zero-order valence-electron chi connectivity index (χ0n) is 11.6. The summed E-state index contributed by atoms with van der Waals surface area (Å²) in [6.07, 6.45) is 2.41. The van der Waals surface area contributed by atoms with Crippen molar-refractivity contribution in [1.82, 2.24) is 10.3 Å². The molecule has 1 aliphatic heterocycles. The molecule has 21 heavy (non-hydrogen) atoms. The van der Waals surface area contributed by atoms with Crippen molar-refractivity contribution in [2.75, 3.05) is 17.2 Å². The number of carbonyl (C=O) groups excluding carboxylic acids is 1. The molecule has 0 radical (unpaired) electrons. The van der Waals surface area contributed by atoms with Gasteiger partial charge in [-0.3, -0.25) is 4.79 Å². The third-order valence-corrected chi connectivity index (χ3v) is 4.07. The molecule has 2 aliphatic rings. The molecule has 1 saturated carbocycles.